The van der Waals surface area contributed by atoms with Crippen LogP contribution in [0.2, 0.25) is 5.02 Å². The Bertz CT molecular complexity index is 409. The molecular weight excluding hydrogens is 230 g/mol. The van der Waals surface area contributed by atoms with Gasteiger partial charge in [-0.2, -0.15) is 5.10 Å². The fraction of sp³-hybridized carbons (Fsp3) is 0.300. The van der Waals surface area contributed by atoms with Gasteiger partial charge in [-0.15, -0.1) is 11.3 Å². The third kappa shape index (κ3) is 2.22. The molecule has 5 heteroatoms. The summed E-state index contributed by atoms with van der Waals surface area (Å²) in [5, 5.41) is 4.82. The normalized spacial score (nSPS) is 13.0. The molecule has 0 aromatic carbocycles. The largest absolute Gasteiger partial charge is 0.328 e. The Morgan fingerprint density at radius 1 is 1.60 bits per heavy atom. The van der Waals surface area contributed by atoms with Gasteiger partial charge in [-0.3, -0.25) is 4.68 Å². The molecule has 0 radical (unpaired) electrons. The maximum atomic E-state index is 5.83. The molecule has 0 amide bonds. The summed E-state index contributed by atoms with van der Waals surface area (Å²) in [6.07, 6.45) is 3.43. The Morgan fingerprint density at radius 2 is 2.40 bits per heavy atom. The van der Waals surface area contributed by atoms with Crippen LogP contribution in [0.1, 0.15) is 15.8 Å². The van der Waals surface area contributed by atoms with Crippen molar-refractivity contribution >= 4 is 22.9 Å². The zero-order chi connectivity index (χ0) is 10.8. The number of thiophene rings is 1. The fourth-order valence-corrected chi connectivity index (χ4v) is 2.60. The minimum Gasteiger partial charge on any atom is -0.328 e. The minimum absolute atomic E-state index is 0.0937. The highest BCUT2D eigenvalue weighted by Crippen LogP contribution is 2.25. The molecule has 0 aliphatic carbocycles. The lowest BCUT2D eigenvalue weighted by molar-refractivity contribution is 0.540. The molecule has 80 valence electrons. The molecule has 0 saturated heterocycles. The average Bonchev–Trinajstić information content (AvgIpc) is 2.78. The van der Waals surface area contributed by atoms with Crippen LogP contribution in [0.5, 0.6) is 0 Å². The summed E-state index contributed by atoms with van der Waals surface area (Å²) in [5.74, 6) is 0. The van der Waals surface area contributed by atoms with Gasteiger partial charge in [-0.1, -0.05) is 11.6 Å². The number of aromatic nitrogens is 2. The van der Waals surface area contributed by atoms with E-state index in [9.17, 15) is 0 Å². The topological polar surface area (TPSA) is 43.8 Å². The highest BCUT2D eigenvalue weighted by Gasteiger charge is 2.14. The van der Waals surface area contributed by atoms with Gasteiger partial charge in [0.2, 0.25) is 0 Å². The number of nitrogens with two attached hydrogens (primary N) is 1. The van der Waals surface area contributed by atoms with Crippen LogP contribution in [0, 0.1) is 6.92 Å². The van der Waals surface area contributed by atoms with Crippen LogP contribution in [-0.2, 0) is 0 Å². The van der Waals surface area contributed by atoms with E-state index < -0.39 is 0 Å². The second-order valence-corrected chi connectivity index (χ2v) is 5.09. The van der Waals surface area contributed by atoms with Crippen LogP contribution in [0.3, 0.4) is 0 Å². The van der Waals surface area contributed by atoms with E-state index in [4.69, 9.17) is 17.3 Å². The van der Waals surface area contributed by atoms with Crippen LogP contribution in [0.25, 0.3) is 0 Å². The Morgan fingerprint density at radius 3 is 2.87 bits per heavy atom. The molecule has 0 fully saturated rings. The van der Waals surface area contributed by atoms with E-state index in [-0.39, 0.29) is 6.04 Å². The molecule has 0 saturated carbocycles. The smallest absolute Gasteiger partial charge is 0.0982 e. The van der Waals surface area contributed by atoms with Gasteiger partial charge in [0.05, 0.1) is 17.3 Å². The second-order valence-electron chi connectivity index (χ2n) is 3.34. The maximum absolute atomic E-state index is 5.83. The zero-order valence-electron chi connectivity index (χ0n) is 8.35. The van der Waals surface area contributed by atoms with Crippen LogP contribution >= 0.6 is 22.9 Å². The lowest BCUT2D eigenvalue weighted by Gasteiger charge is -2.13. The van der Waals surface area contributed by atoms with Crippen molar-refractivity contribution in [1.29, 1.82) is 0 Å². The van der Waals surface area contributed by atoms with Gasteiger partial charge in [-0.05, 0) is 19.1 Å². The molecule has 0 aliphatic heterocycles. The molecule has 3 nitrogen and oxygen atoms in total. The van der Waals surface area contributed by atoms with Gasteiger partial charge in [0, 0.05) is 22.5 Å². The molecule has 0 aliphatic rings. The van der Waals surface area contributed by atoms with E-state index >= 15 is 0 Å². The molecule has 2 aromatic rings. The van der Waals surface area contributed by atoms with Crippen LogP contribution in [0.15, 0.2) is 24.5 Å². The molecule has 2 heterocycles. The predicted octanol–water partition coefficient (Wildman–Crippen LogP) is 2.45. The predicted molar refractivity (Wildman–Crippen MR) is 63.5 cm³/mol. The van der Waals surface area contributed by atoms with E-state index in [2.05, 4.69) is 24.2 Å². The Kier molecular flexibility index (Phi) is 3.09. The van der Waals surface area contributed by atoms with Gasteiger partial charge < -0.3 is 5.73 Å². The first-order valence-corrected chi connectivity index (χ1v) is 5.86. The minimum atomic E-state index is 0.0937. The number of hydrogen-bond donors (Lipinski definition) is 1. The molecule has 2 rings (SSSR count). The van der Waals surface area contributed by atoms with Crippen LogP contribution < -0.4 is 5.73 Å². The molecule has 1 unspecified atom stereocenters. The second kappa shape index (κ2) is 4.35. The van der Waals surface area contributed by atoms with E-state index in [1.54, 1.807) is 23.7 Å². The highest BCUT2D eigenvalue weighted by atomic mass is 35.5. The monoisotopic (exact) mass is 241 g/mol. The molecule has 0 bridgehead atoms. The van der Waals surface area contributed by atoms with Crippen molar-refractivity contribution in [3.8, 4) is 0 Å². The first-order chi connectivity index (χ1) is 7.20. The van der Waals surface area contributed by atoms with Crippen molar-refractivity contribution in [3.63, 3.8) is 0 Å². The summed E-state index contributed by atoms with van der Waals surface area (Å²) in [5.41, 5.74) is 5.76. The summed E-state index contributed by atoms with van der Waals surface area (Å²) in [6.45, 7) is 2.61. The van der Waals surface area contributed by atoms with Crippen molar-refractivity contribution in [2.75, 3.05) is 6.54 Å². The van der Waals surface area contributed by atoms with Crippen LogP contribution in [0.4, 0.5) is 0 Å². The van der Waals surface area contributed by atoms with Crippen molar-refractivity contribution in [3.05, 3.63) is 39.3 Å². The first kappa shape index (κ1) is 10.7. The van der Waals surface area contributed by atoms with Crippen molar-refractivity contribution < 1.29 is 0 Å². The van der Waals surface area contributed by atoms with E-state index in [1.165, 1.54) is 9.75 Å². The van der Waals surface area contributed by atoms with Gasteiger partial charge >= 0.3 is 0 Å². The number of halogens is 1. The van der Waals surface area contributed by atoms with E-state index in [0.717, 1.165) is 0 Å². The average molecular weight is 242 g/mol. The SMILES string of the molecule is Cc1ccc(C(CN)n2cc(Cl)cn2)s1. The summed E-state index contributed by atoms with van der Waals surface area (Å²) < 4.78 is 1.81. The summed E-state index contributed by atoms with van der Waals surface area (Å²) in [6, 6.07) is 4.28. The third-order valence-electron chi connectivity index (χ3n) is 2.20. The van der Waals surface area contributed by atoms with E-state index in [1.807, 2.05) is 4.68 Å². The van der Waals surface area contributed by atoms with E-state index in [0.29, 0.717) is 11.6 Å². The molecule has 0 spiro atoms. The van der Waals surface area contributed by atoms with Crippen molar-refractivity contribution in [2.24, 2.45) is 5.73 Å². The fourth-order valence-electron chi connectivity index (χ4n) is 1.47. The van der Waals surface area contributed by atoms with Crippen molar-refractivity contribution in [1.82, 2.24) is 9.78 Å². The van der Waals surface area contributed by atoms with Crippen LogP contribution in [-0.4, -0.2) is 16.3 Å². The number of aryl methyl sites for hydroxylation is 1. The van der Waals surface area contributed by atoms with Gasteiger partial charge in [-0.25, -0.2) is 0 Å². The Labute approximate surface area is 97.5 Å². The number of rotatable bonds is 3. The zero-order valence-corrected chi connectivity index (χ0v) is 9.92. The van der Waals surface area contributed by atoms with Gasteiger partial charge in [0.1, 0.15) is 0 Å². The highest BCUT2D eigenvalue weighted by molar-refractivity contribution is 7.12. The maximum Gasteiger partial charge on any atom is 0.0982 e. The Balaban J connectivity index is 2.32. The number of nitrogens with zero attached hydrogens (tertiary/aromatic N) is 2. The summed E-state index contributed by atoms with van der Waals surface area (Å²) >= 11 is 7.57. The van der Waals surface area contributed by atoms with Gasteiger partial charge in [0.25, 0.3) is 0 Å². The lowest BCUT2D eigenvalue weighted by Crippen LogP contribution is -2.19. The molecule has 1 atom stereocenters. The molecular formula is C10H12ClN3S. The number of hydrogen-bond acceptors (Lipinski definition) is 3. The van der Waals surface area contributed by atoms with Crippen molar-refractivity contribution in [2.45, 2.75) is 13.0 Å². The molecule has 2 aromatic heterocycles. The summed E-state index contributed by atoms with van der Waals surface area (Å²) in [7, 11) is 0. The van der Waals surface area contributed by atoms with Gasteiger partial charge in [0.15, 0.2) is 0 Å². The Hall–Kier alpha value is -0.840. The molecule has 15 heavy (non-hydrogen) atoms. The lowest BCUT2D eigenvalue weighted by atomic mass is 10.2. The molecule has 2 N–H and O–H groups in total. The quantitative estimate of drug-likeness (QED) is 0.897. The third-order valence-corrected chi connectivity index (χ3v) is 3.50. The first-order valence-electron chi connectivity index (χ1n) is 4.67. The summed E-state index contributed by atoms with van der Waals surface area (Å²) in [4.78, 5) is 2.50. The standard InChI is InChI=1S/C10H12ClN3S/c1-7-2-3-10(15-7)9(4-12)14-6-8(11)5-13-14/h2-3,5-6,9H,4,12H2,1H3.